The lowest BCUT2D eigenvalue weighted by atomic mass is 9.38. The average Bonchev–Trinajstić information content (AvgIpc) is 3.37. The first-order valence-electron chi connectivity index (χ1n) is 12.2. The first-order chi connectivity index (χ1) is 13.7. The zero-order valence-electron chi connectivity index (χ0n) is 22.4. The number of fused-ring (bicyclic) bond motifs is 1. The van der Waals surface area contributed by atoms with E-state index in [4.69, 9.17) is 20.0 Å². The minimum atomic E-state index is -1.92. The fourth-order valence-electron chi connectivity index (χ4n) is 6.70. The maximum atomic E-state index is 7.36. The van der Waals surface area contributed by atoms with Crippen LogP contribution in [0.25, 0.3) is 0 Å². The quantitative estimate of drug-likeness (QED) is 0.255. The van der Waals surface area contributed by atoms with Crippen molar-refractivity contribution in [3.63, 3.8) is 0 Å². The Balaban J connectivity index is 2.15. The molecule has 0 aromatic carbocycles. The van der Waals surface area contributed by atoms with E-state index >= 15 is 0 Å². The number of ether oxygens (including phenoxy) is 1. The van der Waals surface area contributed by atoms with Gasteiger partial charge in [-0.1, -0.05) is 47.5 Å². The molecule has 0 radical (unpaired) electrons. The van der Waals surface area contributed by atoms with E-state index in [2.05, 4.69) is 87.1 Å². The molecule has 178 valence electrons. The molecule has 3 rings (SSSR count). The van der Waals surface area contributed by atoms with Gasteiger partial charge in [0.15, 0.2) is 16.6 Å². The van der Waals surface area contributed by atoms with Crippen LogP contribution in [0.5, 0.6) is 0 Å². The summed E-state index contributed by atoms with van der Waals surface area (Å²) in [6, 6.07) is 0. The van der Waals surface area contributed by atoms with Gasteiger partial charge in [-0.25, -0.2) is 0 Å². The molecule has 0 amide bonds. The van der Waals surface area contributed by atoms with Crippen LogP contribution in [0.15, 0.2) is 0 Å². The van der Waals surface area contributed by atoms with E-state index in [-0.39, 0.29) is 38.6 Å². The fraction of sp³-hybridized carbons (Fsp3) is 0.923. The van der Waals surface area contributed by atoms with Crippen molar-refractivity contribution in [2.45, 2.75) is 129 Å². The monoisotopic (exact) mass is 464 g/mol. The molecule has 3 aliphatic rings. The molecule has 1 spiro atoms. The normalized spacial score (nSPS) is 42.7. The predicted octanol–water partition coefficient (Wildman–Crippen LogP) is 7.00. The second-order valence-electron chi connectivity index (χ2n) is 14.1. The summed E-state index contributed by atoms with van der Waals surface area (Å²) in [5, 5.41) is 0.183. The van der Waals surface area contributed by atoms with Gasteiger partial charge in [-0.15, -0.1) is 6.42 Å². The summed E-state index contributed by atoms with van der Waals surface area (Å²) in [6.07, 6.45) is 10.5. The molecule has 3 fully saturated rings. The largest absolute Gasteiger partial charge is 0.413 e. The summed E-state index contributed by atoms with van der Waals surface area (Å²) >= 11 is 0. The van der Waals surface area contributed by atoms with Gasteiger partial charge in [-0.05, 0) is 70.4 Å². The molecule has 1 aliphatic heterocycles. The molecule has 0 aromatic rings. The summed E-state index contributed by atoms with van der Waals surface area (Å²) in [4.78, 5) is 0. The van der Waals surface area contributed by atoms with Gasteiger partial charge in [0.1, 0.15) is 5.60 Å². The van der Waals surface area contributed by atoms with Crippen molar-refractivity contribution in [2.24, 2.45) is 16.2 Å². The number of rotatable bonds is 4. The summed E-state index contributed by atoms with van der Waals surface area (Å²) in [5.41, 5.74) is -1.16. The fourth-order valence-corrected chi connectivity index (χ4v) is 9.82. The highest BCUT2D eigenvalue weighted by atomic mass is 28.4. The summed E-state index contributed by atoms with van der Waals surface area (Å²) in [7, 11) is -3.80. The lowest BCUT2D eigenvalue weighted by molar-refractivity contribution is -0.268. The summed E-state index contributed by atoms with van der Waals surface area (Å²) < 4.78 is 20.7. The van der Waals surface area contributed by atoms with Crippen LogP contribution in [0.1, 0.15) is 74.1 Å². The van der Waals surface area contributed by atoms with Gasteiger partial charge in [-0.2, -0.15) is 0 Å². The highest BCUT2D eigenvalue weighted by Crippen LogP contribution is 2.74. The Morgan fingerprint density at radius 1 is 0.968 bits per heavy atom. The molecule has 0 aromatic heterocycles. The van der Waals surface area contributed by atoms with E-state index in [1.807, 2.05) is 0 Å². The first kappa shape index (κ1) is 25.5. The topological polar surface area (TPSA) is 31.0 Å². The number of terminal acetylenes is 1. The van der Waals surface area contributed by atoms with E-state index in [1.54, 1.807) is 0 Å². The molecular formula is C26H48O3Si2. The van der Waals surface area contributed by atoms with Crippen molar-refractivity contribution >= 4 is 16.6 Å². The molecule has 31 heavy (non-hydrogen) atoms. The molecule has 5 atom stereocenters. The molecule has 0 bridgehead atoms. The van der Waals surface area contributed by atoms with E-state index in [0.29, 0.717) is 0 Å². The summed E-state index contributed by atoms with van der Waals surface area (Å²) in [6.45, 7) is 29.0. The molecule has 2 saturated carbocycles. The van der Waals surface area contributed by atoms with E-state index < -0.39 is 16.6 Å². The van der Waals surface area contributed by atoms with Crippen LogP contribution in [-0.2, 0) is 13.6 Å². The van der Waals surface area contributed by atoms with Crippen molar-refractivity contribution in [1.29, 1.82) is 0 Å². The van der Waals surface area contributed by atoms with E-state index in [0.717, 1.165) is 32.3 Å². The second kappa shape index (κ2) is 6.95. The average molecular weight is 465 g/mol. The van der Waals surface area contributed by atoms with Crippen LogP contribution in [0.4, 0.5) is 0 Å². The van der Waals surface area contributed by atoms with Gasteiger partial charge in [-0.3, -0.25) is 0 Å². The zero-order valence-corrected chi connectivity index (χ0v) is 24.4. The molecule has 2 aliphatic carbocycles. The second-order valence-corrected chi connectivity index (χ2v) is 23.2. The van der Waals surface area contributed by atoms with Crippen molar-refractivity contribution in [1.82, 2.24) is 0 Å². The highest BCUT2D eigenvalue weighted by molar-refractivity contribution is 6.74. The first-order valence-corrected chi connectivity index (χ1v) is 18.6. The van der Waals surface area contributed by atoms with Crippen molar-refractivity contribution in [3.05, 3.63) is 0 Å². The molecule has 3 nitrogen and oxygen atoms in total. The van der Waals surface area contributed by atoms with Gasteiger partial charge >= 0.3 is 0 Å². The third kappa shape index (κ3) is 3.38. The van der Waals surface area contributed by atoms with Crippen molar-refractivity contribution in [2.75, 3.05) is 6.61 Å². The van der Waals surface area contributed by atoms with E-state index in [1.165, 1.54) is 0 Å². The van der Waals surface area contributed by atoms with Crippen LogP contribution in [0.3, 0.4) is 0 Å². The Hall–Kier alpha value is -0.126. The smallest absolute Gasteiger partial charge is 0.192 e. The van der Waals surface area contributed by atoms with Crippen LogP contribution < -0.4 is 0 Å². The third-order valence-corrected chi connectivity index (χ3v) is 15.5. The minimum Gasteiger partial charge on any atom is -0.413 e. The minimum absolute atomic E-state index is 0.148. The lowest BCUT2D eigenvalue weighted by Gasteiger charge is -2.71. The maximum absolute atomic E-state index is 7.36. The van der Waals surface area contributed by atoms with Crippen molar-refractivity contribution in [3.8, 4) is 12.3 Å². The Morgan fingerprint density at radius 3 is 1.94 bits per heavy atom. The van der Waals surface area contributed by atoms with Gasteiger partial charge < -0.3 is 13.6 Å². The van der Waals surface area contributed by atoms with Crippen LogP contribution in [0, 0.1) is 28.6 Å². The summed E-state index contributed by atoms with van der Waals surface area (Å²) in [5.74, 6) is 3.29. The van der Waals surface area contributed by atoms with Crippen LogP contribution in [-0.4, -0.2) is 40.5 Å². The van der Waals surface area contributed by atoms with Crippen LogP contribution >= 0.6 is 0 Å². The van der Waals surface area contributed by atoms with Crippen molar-refractivity contribution < 1.29 is 13.6 Å². The third-order valence-electron chi connectivity index (χ3n) is 10.0. The zero-order chi connectivity index (χ0) is 23.9. The molecular weight excluding hydrogens is 416 g/mol. The highest BCUT2D eigenvalue weighted by Gasteiger charge is 2.79. The maximum Gasteiger partial charge on any atom is 0.192 e. The van der Waals surface area contributed by atoms with Gasteiger partial charge in [0, 0.05) is 10.8 Å². The van der Waals surface area contributed by atoms with Gasteiger partial charge in [0.2, 0.25) is 0 Å². The van der Waals surface area contributed by atoms with Gasteiger partial charge in [0.25, 0.3) is 0 Å². The predicted molar refractivity (Wildman–Crippen MR) is 135 cm³/mol. The Morgan fingerprint density at radius 2 is 1.52 bits per heavy atom. The molecule has 1 heterocycles. The lowest BCUT2D eigenvalue weighted by Crippen LogP contribution is -2.76. The number of hydrogen-bond donors (Lipinski definition) is 0. The molecule has 5 heteroatoms. The van der Waals surface area contributed by atoms with Gasteiger partial charge in [0.05, 0.1) is 23.7 Å². The molecule has 0 unspecified atom stereocenters. The Bertz CT molecular complexity index is 765. The standard InChI is InChI=1S/C26H48O3Si2/c1-14-23(7)24(8)16-15-20(28-31(12,13)21(2,3)4)22(5,6)26(24,29-30(9,10)11)18-17-25(23)19-27-25/h1,20H,15-19H2,2-13H3/t20-,23+,24+,25-,26+/m0/s1. The van der Waals surface area contributed by atoms with Crippen LogP contribution in [0.2, 0.25) is 37.8 Å². The number of hydrogen-bond acceptors (Lipinski definition) is 3. The van der Waals surface area contributed by atoms with E-state index in [9.17, 15) is 0 Å². The molecule has 0 N–H and O–H groups in total. The Labute approximate surface area is 194 Å². The SMILES string of the molecule is C#C[C@@]1(C)[C@]2(CC[C@@]3(O[Si](C)(C)C)C(C)(C)[C@@H](O[Si](C)(C)C(C)(C)C)CC[C@]13C)CO2. The molecule has 1 saturated heterocycles. The Kier molecular flexibility index (Phi) is 5.71. The number of epoxide rings is 1.